The number of nitrogens with zero attached hydrogens (tertiary/aromatic N) is 3. The smallest absolute Gasteiger partial charge is 0.233 e. The minimum absolute atomic E-state index is 0.279. The standard InChI is InChI=1S/C19H25N3OS3/c23-18(14-25-19-20-16-6-1-2-7-17(16)26-19)22-10-5-11-24-13-15(22)12-21-8-3-4-9-21/h1-2,6-7,15H,3-5,8-14H2/t15-/m0/s1. The van der Waals surface area contributed by atoms with Gasteiger partial charge in [0.05, 0.1) is 22.0 Å². The Labute approximate surface area is 167 Å². The zero-order valence-electron chi connectivity index (χ0n) is 14.9. The van der Waals surface area contributed by atoms with Gasteiger partial charge in [-0.1, -0.05) is 23.9 Å². The monoisotopic (exact) mass is 407 g/mol. The number of fused-ring (bicyclic) bond motifs is 1. The van der Waals surface area contributed by atoms with Crippen LogP contribution >= 0.6 is 34.9 Å². The van der Waals surface area contributed by atoms with E-state index < -0.39 is 0 Å². The molecule has 4 rings (SSSR count). The Kier molecular flexibility index (Phi) is 6.40. The fourth-order valence-corrected chi connectivity index (χ4v) is 6.70. The highest BCUT2D eigenvalue weighted by atomic mass is 32.2. The second-order valence-corrected chi connectivity index (χ2v) is 10.3. The lowest BCUT2D eigenvalue weighted by molar-refractivity contribution is -0.130. The highest BCUT2D eigenvalue weighted by Crippen LogP contribution is 2.30. The van der Waals surface area contributed by atoms with E-state index in [1.165, 1.54) is 36.4 Å². The molecule has 2 aliphatic rings. The van der Waals surface area contributed by atoms with Crippen LogP contribution in [0.4, 0.5) is 0 Å². The maximum absolute atomic E-state index is 13.0. The van der Waals surface area contributed by atoms with Gasteiger partial charge in [0.15, 0.2) is 4.34 Å². The van der Waals surface area contributed by atoms with Crippen molar-refractivity contribution in [2.75, 3.05) is 43.4 Å². The van der Waals surface area contributed by atoms with Crippen LogP contribution in [0.25, 0.3) is 10.2 Å². The van der Waals surface area contributed by atoms with Gasteiger partial charge in [0.25, 0.3) is 0 Å². The number of benzene rings is 1. The normalized spacial score (nSPS) is 22.0. The number of carbonyl (C=O) groups excluding carboxylic acids is 1. The van der Waals surface area contributed by atoms with Crippen LogP contribution < -0.4 is 0 Å². The maximum Gasteiger partial charge on any atom is 0.233 e. The van der Waals surface area contributed by atoms with Crippen molar-refractivity contribution in [2.45, 2.75) is 29.6 Å². The molecule has 2 aliphatic heterocycles. The largest absolute Gasteiger partial charge is 0.337 e. The molecule has 0 bridgehead atoms. The number of amides is 1. The number of likely N-dealkylation sites (tertiary alicyclic amines) is 1. The van der Waals surface area contributed by atoms with Gasteiger partial charge in [-0.25, -0.2) is 4.98 Å². The molecular formula is C19H25N3OS3. The summed E-state index contributed by atoms with van der Waals surface area (Å²) in [5.41, 5.74) is 1.03. The Hall–Kier alpha value is -0.760. The van der Waals surface area contributed by atoms with E-state index in [2.05, 4.69) is 20.9 Å². The van der Waals surface area contributed by atoms with E-state index in [0.717, 1.165) is 35.1 Å². The molecule has 2 fully saturated rings. The van der Waals surface area contributed by atoms with Crippen LogP contribution in [0, 0.1) is 0 Å². The molecule has 140 valence electrons. The van der Waals surface area contributed by atoms with Crippen molar-refractivity contribution in [3.05, 3.63) is 24.3 Å². The summed E-state index contributed by atoms with van der Waals surface area (Å²) in [5, 5.41) is 0. The number of para-hydroxylation sites is 1. The van der Waals surface area contributed by atoms with Crippen molar-refractivity contribution < 1.29 is 4.79 Å². The van der Waals surface area contributed by atoms with E-state index in [1.54, 1.807) is 23.1 Å². The van der Waals surface area contributed by atoms with Gasteiger partial charge in [-0.15, -0.1) is 11.3 Å². The first kappa shape index (κ1) is 18.6. The summed E-state index contributed by atoms with van der Waals surface area (Å²) < 4.78 is 2.19. The lowest BCUT2D eigenvalue weighted by Crippen LogP contribution is -2.48. The zero-order chi connectivity index (χ0) is 17.8. The lowest BCUT2D eigenvalue weighted by Gasteiger charge is -2.32. The number of rotatable bonds is 5. The predicted molar refractivity (Wildman–Crippen MR) is 113 cm³/mol. The average molecular weight is 408 g/mol. The van der Waals surface area contributed by atoms with E-state index >= 15 is 0 Å². The second kappa shape index (κ2) is 8.95. The number of aromatic nitrogens is 1. The van der Waals surface area contributed by atoms with Gasteiger partial charge >= 0.3 is 0 Å². The van der Waals surface area contributed by atoms with Gasteiger partial charge < -0.3 is 9.80 Å². The summed E-state index contributed by atoms with van der Waals surface area (Å²) in [4.78, 5) is 22.3. The molecule has 1 aromatic carbocycles. The molecule has 1 atom stereocenters. The molecule has 4 nitrogen and oxygen atoms in total. The third-order valence-electron chi connectivity index (χ3n) is 5.02. The molecule has 7 heteroatoms. The zero-order valence-corrected chi connectivity index (χ0v) is 17.4. The summed E-state index contributed by atoms with van der Waals surface area (Å²) in [6, 6.07) is 8.55. The molecular weight excluding hydrogens is 382 g/mol. The Morgan fingerprint density at radius 2 is 2.04 bits per heavy atom. The topological polar surface area (TPSA) is 36.4 Å². The number of thioether (sulfide) groups is 2. The number of hydrogen-bond acceptors (Lipinski definition) is 6. The minimum atomic E-state index is 0.279. The third kappa shape index (κ3) is 4.55. The van der Waals surface area contributed by atoms with E-state index in [9.17, 15) is 4.79 Å². The van der Waals surface area contributed by atoms with Crippen LogP contribution in [0.3, 0.4) is 0 Å². The minimum Gasteiger partial charge on any atom is -0.337 e. The summed E-state index contributed by atoms with van der Waals surface area (Å²) in [6.07, 6.45) is 3.72. The molecule has 0 unspecified atom stereocenters. The summed E-state index contributed by atoms with van der Waals surface area (Å²) in [5.74, 6) is 3.03. The van der Waals surface area contributed by atoms with Crippen LogP contribution in [0.15, 0.2) is 28.6 Å². The number of thiazole rings is 1. The Morgan fingerprint density at radius 3 is 2.88 bits per heavy atom. The SMILES string of the molecule is O=C(CSc1nc2ccccc2s1)N1CCCSC[C@@H]1CN1CCCC1. The quantitative estimate of drug-likeness (QED) is 0.704. The summed E-state index contributed by atoms with van der Waals surface area (Å²) in [6.45, 7) is 4.35. The first-order valence-corrected chi connectivity index (χ1v) is 12.3. The predicted octanol–water partition coefficient (Wildman–Crippen LogP) is 3.82. The van der Waals surface area contributed by atoms with Crippen LogP contribution in [0.2, 0.25) is 0 Å². The molecule has 0 radical (unpaired) electrons. The van der Waals surface area contributed by atoms with E-state index in [-0.39, 0.29) is 5.91 Å². The molecule has 1 amide bonds. The maximum atomic E-state index is 13.0. The van der Waals surface area contributed by atoms with Gasteiger partial charge in [0.1, 0.15) is 0 Å². The molecule has 0 N–H and O–H groups in total. The first-order chi connectivity index (χ1) is 12.8. The lowest BCUT2D eigenvalue weighted by atomic mass is 10.2. The summed E-state index contributed by atoms with van der Waals surface area (Å²) in [7, 11) is 0. The fourth-order valence-electron chi connectivity index (χ4n) is 3.69. The molecule has 0 aliphatic carbocycles. The van der Waals surface area contributed by atoms with E-state index in [0.29, 0.717) is 11.8 Å². The first-order valence-electron chi connectivity index (χ1n) is 9.37. The van der Waals surface area contributed by atoms with Gasteiger partial charge in [-0.05, 0) is 50.2 Å². The molecule has 3 heterocycles. The average Bonchev–Trinajstić information content (AvgIpc) is 3.25. The molecule has 1 aromatic heterocycles. The van der Waals surface area contributed by atoms with Crippen molar-refractivity contribution in [3.63, 3.8) is 0 Å². The van der Waals surface area contributed by atoms with E-state index in [1.807, 2.05) is 30.0 Å². The highest BCUT2D eigenvalue weighted by Gasteiger charge is 2.28. The Balaban J connectivity index is 1.38. The van der Waals surface area contributed by atoms with Crippen LogP contribution in [0.1, 0.15) is 19.3 Å². The molecule has 2 saturated heterocycles. The van der Waals surface area contributed by atoms with Crippen molar-refractivity contribution >= 4 is 51.0 Å². The molecule has 0 spiro atoms. The van der Waals surface area contributed by atoms with Gasteiger partial charge in [-0.3, -0.25) is 4.79 Å². The highest BCUT2D eigenvalue weighted by molar-refractivity contribution is 8.01. The van der Waals surface area contributed by atoms with Gasteiger partial charge in [-0.2, -0.15) is 11.8 Å². The van der Waals surface area contributed by atoms with Crippen molar-refractivity contribution in [1.29, 1.82) is 0 Å². The van der Waals surface area contributed by atoms with E-state index in [4.69, 9.17) is 0 Å². The van der Waals surface area contributed by atoms with Crippen LogP contribution in [-0.2, 0) is 4.79 Å². The van der Waals surface area contributed by atoms with Crippen LogP contribution in [0.5, 0.6) is 0 Å². The summed E-state index contributed by atoms with van der Waals surface area (Å²) >= 11 is 5.29. The van der Waals surface area contributed by atoms with Crippen LogP contribution in [-0.4, -0.2) is 70.2 Å². The van der Waals surface area contributed by atoms with Crippen molar-refractivity contribution in [1.82, 2.24) is 14.8 Å². The fraction of sp³-hybridized carbons (Fsp3) is 0.579. The molecule has 2 aromatic rings. The number of hydrogen-bond donors (Lipinski definition) is 0. The van der Waals surface area contributed by atoms with Crippen molar-refractivity contribution in [3.8, 4) is 0 Å². The van der Waals surface area contributed by atoms with Crippen molar-refractivity contribution in [2.24, 2.45) is 0 Å². The Morgan fingerprint density at radius 1 is 1.19 bits per heavy atom. The van der Waals surface area contributed by atoms with Gasteiger partial charge in [0, 0.05) is 18.8 Å². The Bertz CT molecular complexity index is 711. The third-order valence-corrected chi connectivity index (χ3v) is 8.38. The molecule has 0 saturated carbocycles. The van der Waals surface area contributed by atoms with Gasteiger partial charge in [0.2, 0.25) is 5.91 Å². The molecule has 26 heavy (non-hydrogen) atoms. The second-order valence-electron chi connectivity index (χ2n) is 6.91. The number of carbonyl (C=O) groups is 1.